The first-order valence-corrected chi connectivity index (χ1v) is 14.9. The first kappa shape index (κ1) is 31.9. The van der Waals surface area contributed by atoms with E-state index in [9.17, 15) is 14.7 Å². The van der Waals surface area contributed by atoms with Crippen molar-refractivity contribution in [1.82, 2.24) is 10.3 Å². The normalized spacial score (nSPS) is 11.5. The summed E-state index contributed by atoms with van der Waals surface area (Å²) < 4.78 is 6.00. The Kier molecular flexibility index (Phi) is 12.3. The SMILES string of the molecule is CSCC[C@H](NC(=O)c1ccc(COCc2cnc(-c3cccc(Cl)c3)s2)cc1-c1ccccc1C)C(=O)O.[H-].[Li+]. The van der Waals surface area contributed by atoms with Gasteiger partial charge in [-0.3, -0.25) is 4.79 Å². The quantitative estimate of drug-likeness (QED) is 0.241. The van der Waals surface area contributed by atoms with Gasteiger partial charge in [0.2, 0.25) is 0 Å². The zero-order chi connectivity index (χ0) is 27.8. The molecule has 10 heteroatoms. The van der Waals surface area contributed by atoms with E-state index in [2.05, 4.69) is 10.3 Å². The number of carbonyl (C=O) groups excluding carboxylic acids is 1. The smallest absolute Gasteiger partial charge is 1.00 e. The molecule has 0 aliphatic heterocycles. The average molecular weight is 589 g/mol. The number of carboxylic acid groups (broad SMARTS) is 1. The fourth-order valence-electron chi connectivity index (χ4n) is 4.10. The summed E-state index contributed by atoms with van der Waals surface area (Å²) in [5.41, 5.74) is 4.96. The van der Waals surface area contributed by atoms with Gasteiger partial charge < -0.3 is 16.6 Å². The molecule has 0 aliphatic rings. The minimum absolute atomic E-state index is 0. The molecule has 0 unspecified atom stereocenters. The third kappa shape index (κ3) is 8.47. The molecule has 1 amide bonds. The molecule has 204 valence electrons. The molecular formula is C30H30ClLiN2O4S2. The molecule has 0 fully saturated rings. The molecule has 0 spiro atoms. The largest absolute Gasteiger partial charge is 1.00 e. The number of rotatable bonds is 12. The maximum Gasteiger partial charge on any atom is 1.00 e. The van der Waals surface area contributed by atoms with E-state index in [0.29, 0.717) is 36.0 Å². The molecule has 2 N–H and O–H groups in total. The number of benzene rings is 3. The van der Waals surface area contributed by atoms with E-state index < -0.39 is 17.9 Å². The number of amides is 1. The molecular weight excluding hydrogens is 559 g/mol. The van der Waals surface area contributed by atoms with Crippen molar-refractivity contribution in [3.63, 3.8) is 0 Å². The molecule has 0 aliphatic carbocycles. The first-order chi connectivity index (χ1) is 18.9. The van der Waals surface area contributed by atoms with E-state index in [-0.39, 0.29) is 20.3 Å². The third-order valence-corrected chi connectivity index (χ3v) is 8.02. The second-order valence-electron chi connectivity index (χ2n) is 8.98. The predicted molar refractivity (Wildman–Crippen MR) is 161 cm³/mol. The van der Waals surface area contributed by atoms with Crippen LogP contribution >= 0.6 is 34.7 Å². The van der Waals surface area contributed by atoms with Crippen LogP contribution in [0.3, 0.4) is 0 Å². The monoisotopic (exact) mass is 588 g/mol. The molecule has 4 rings (SSSR count). The van der Waals surface area contributed by atoms with Gasteiger partial charge in [-0.25, -0.2) is 9.78 Å². The molecule has 0 bridgehead atoms. The van der Waals surface area contributed by atoms with Crippen LogP contribution in [-0.2, 0) is 22.7 Å². The molecule has 0 saturated heterocycles. The van der Waals surface area contributed by atoms with Gasteiger partial charge in [0, 0.05) is 22.3 Å². The number of aromatic nitrogens is 1. The van der Waals surface area contributed by atoms with Crippen LogP contribution in [-0.4, -0.2) is 40.0 Å². The summed E-state index contributed by atoms with van der Waals surface area (Å²) in [4.78, 5) is 30.5. The Morgan fingerprint density at radius 1 is 1.10 bits per heavy atom. The number of hydrogen-bond acceptors (Lipinski definition) is 6. The van der Waals surface area contributed by atoms with Gasteiger partial charge in [-0.15, -0.1) is 11.3 Å². The predicted octanol–water partition coefficient (Wildman–Crippen LogP) is 4.21. The van der Waals surface area contributed by atoms with Crippen molar-refractivity contribution >= 4 is 46.6 Å². The number of carbonyl (C=O) groups is 2. The van der Waals surface area contributed by atoms with Gasteiger partial charge in [-0.2, -0.15) is 11.8 Å². The van der Waals surface area contributed by atoms with E-state index in [4.69, 9.17) is 16.3 Å². The number of aliphatic carboxylic acids is 1. The summed E-state index contributed by atoms with van der Waals surface area (Å²) >= 11 is 9.21. The van der Waals surface area contributed by atoms with Gasteiger partial charge in [0.05, 0.1) is 18.1 Å². The van der Waals surface area contributed by atoms with Crippen LogP contribution in [0.4, 0.5) is 0 Å². The maximum absolute atomic E-state index is 13.3. The van der Waals surface area contributed by atoms with E-state index in [1.165, 1.54) is 0 Å². The Balaban J connectivity index is 0.00000294. The van der Waals surface area contributed by atoms with Gasteiger partial charge in [-0.05, 0) is 71.9 Å². The summed E-state index contributed by atoms with van der Waals surface area (Å²) in [7, 11) is 0. The Labute approximate surface area is 261 Å². The van der Waals surface area contributed by atoms with Crippen LogP contribution in [0, 0.1) is 6.92 Å². The van der Waals surface area contributed by atoms with Gasteiger partial charge >= 0.3 is 24.8 Å². The molecule has 1 aromatic heterocycles. The Morgan fingerprint density at radius 2 is 1.90 bits per heavy atom. The molecule has 40 heavy (non-hydrogen) atoms. The maximum atomic E-state index is 13.3. The first-order valence-electron chi connectivity index (χ1n) is 12.4. The standard InChI is InChI=1S/C30H29ClN2O4S2.Li.H/c1-19-6-3-4-9-24(19)26-14-20(10-11-25(26)28(34)33-27(30(35)36)12-13-38-2)17-37-18-23-16-32-29(39-23)21-7-5-8-22(31)15-21;;/h3-11,14-16,27H,12-13,17-18H2,1-2H3,(H,33,34)(H,35,36);;/q;+1;-1/t27-;;/m0../s1. The fourth-order valence-corrected chi connectivity index (χ4v) is 5.61. The minimum Gasteiger partial charge on any atom is -1.00 e. The fraction of sp³-hybridized carbons (Fsp3) is 0.233. The number of thiazole rings is 1. The zero-order valence-electron chi connectivity index (χ0n) is 23.6. The van der Waals surface area contributed by atoms with E-state index in [0.717, 1.165) is 37.7 Å². The number of halogens is 1. The van der Waals surface area contributed by atoms with E-state index in [1.807, 2.05) is 80.0 Å². The number of thioether (sulfide) groups is 1. The summed E-state index contributed by atoms with van der Waals surface area (Å²) in [5, 5.41) is 13.8. The second-order valence-corrected chi connectivity index (χ2v) is 11.5. The van der Waals surface area contributed by atoms with Gasteiger partial charge in [0.15, 0.2) is 0 Å². The number of aryl methyl sites for hydroxylation is 1. The van der Waals surface area contributed by atoms with Crippen molar-refractivity contribution in [3.8, 4) is 21.7 Å². The van der Waals surface area contributed by atoms with Gasteiger partial charge in [0.1, 0.15) is 11.0 Å². The number of nitrogens with one attached hydrogen (secondary N) is 1. The van der Waals surface area contributed by atoms with Crippen LogP contribution in [0.5, 0.6) is 0 Å². The van der Waals surface area contributed by atoms with E-state index in [1.54, 1.807) is 29.2 Å². The van der Waals surface area contributed by atoms with Crippen molar-refractivity contribution in [2.24, 2.45) is 0 Å². The summed E-state index contributed by atoms with van der Waals surface area (Å²) in [6.07, 6.45) is 4.07. The van der Waals surface area contributed by atoms with Crippen molar-refractivity contribution in [3.05, 3.63) is 99.5 Å². The topological polar surface area (TPSA) is 88.5 Å². The van der Waals surface area contributed by atoms with Crippen LogP contribution in [0.2, 0.25) is 5.02 Å². The Bertz CT molecular complexity index is 1470. The van der Waals surface area contributed by atoms with Crippen molar-refractivity contribution in [2.75, 3.05) is 12.0 Å². The summed E-state index contributed by atoms with van der Waals surface area (Å²) in [6, 6.07) is 20.0. The molecule has 6 nitrogen and oxygen atoms in total. The van der Waals surface area contributed by atoms with Crippen LogP contribution in [0.15, 0.2) is 72.9 Å². The summed E-state index contributed by atoms with van der Waals surface area (Å²) in [5.74, 6) is -0.813. The number of carboxylic acids is 1. The third-order valence-electron chi connectivity index (χ3n) is 6.12. The Morgan fingerprint density at radius 3 is 2.62 bits per heavy atom. The number of ether oxygens (including phenoxy) is 1. The molecule has 0 saturated carbocycles. The van der Waals surface area contributed by atoms with Crippen LogP contribution in [0.25, 0.3) is 21.7 Å². The average Bonchev–Trinajstić information content (AvgIpc) is 3.40. The molecule has 1 heterocycles. The van der Waals surface area contributed by atoms with Gasteiger partial charge in [-0.1, -0.05) is 54.1 Å². The zero-order valence-corrected chi connectivity index (χ0v) is 25.0. The number of nitrogens with zero attached hydrogens (tertiary/aromatic N) is 1. The molecule has 1 atom stereocenters. The molecule has 3 aromatic carbocycles. The summed E-state index contributed by atoms with van der Waals surface area (Å²) in [6.45, 7) is 2.73. The van der Waals surface area contributed by atoms with Crippen LogP contribution < -0.4 is 24.2 Å². The number of hydrogen-bond donors (Lipinski definition) is 2. The van der Waals surface area contributed by atoms with Gasteiger partial charge in [0.25, 0.3) is 5.91 Å². The van der Waals surface area contributed by atoms with Crippen molar-refractivity contribution in [2.45, 2.75) is 32.6 Å². The Hall–Kier alpha value is -2.57. The molecule has 0 radical (unpaired) electrons. The molecule has 4 aromatic rings. The van der Waals surface area contributed by atoms with Crippen molar-refractivity contribution in [1.29, 1.82) is 0 Å². The second kappa shape index (κ2) is 15.4. The minimum atomic E-state index is -1.04. The van der Waals surface area contributed by atoms with Crippen molar-refractivity contribution < 1.29 is 39.7 Å². The van der Waals surface area contributed by atoms with E-state index >= 15 is 0 Å². The van der Waals surface area contributed by atoms with Crippen LogP contribution in [0.1, 0.15) is 34.2 Å².